The summed E-state index contributed by atoms with van der Waals surface area (Å²) in [6.45, 7) is 0.707. The Balaban J connectivity index is 1.89. The first-order valence-corrected chi connectivity index (χ1v) is 5.61. The van der Waals surface area contributed by atoms with Crippen molar-refractivity contribution in [2.24, 2.45) is 0 Å². The van der Waals surface area contributed by atoms with E-state index >= 15 is 0 Å². The van der Waals surface area contributed by atoms with Crippen molar-refractivity contribution >= 4 is 17.4 Å². The smallest absolute Gasteiger partial charge is 0.318 e. The highest BCUT2D eigenvalue weighted by molar-refractivity contribution is 5.89. The van der Waals surface area contributed by atoms with Crippen LogP contribution in [0.3, 0.4) is 0 Å². The topological polar surface area (TPSA) is 66.3 Å². The fraction of sp³-hybridized carbons (Fsp3) is 0.154. The largest absolute Gasteiger partial charge is 0.472 e. The van der Waals surface area contributed by atoms with Gasteiger partial charge in [-0.15, -0.1) is 0 Å². The van der Waals surface area contributed by atoms with Crippen molar-refractivity contribution in [3.63, 3.8) is 0 Å². The van der Waals surface area contributed by atoms with Gasteiger partial charge in [0.25, 0.3) is 0 Å². The Morgan fingerprint density at radius 2 is 1.89 bits per heavy atom. The molecule has 0 unspecified atom stereocenters. The molecular weight excluding hydrogens is 230 g/mol. The zero-order valence-electron chi connectivity index (χ0n) is 10.1. The molecule has 0 spiro atoms. The van der Waals surface area contributed by atoms with E-state index in [9.17, 15) is 4.79 Å². The molecule has 2 amide bonds. The van der Waals surface area contributed by atoms with Crippen LogP contribution in [0.15, 0.2) is 47.3 Å². The molecule has 2 rings (SSSR count). The van der Waals surface area contributed by atoms with Crippen LogP contribution in [0.25, 0.3) is 0 Å². The lowest BCUT2D eigenvalue weighted by Crippen LogP contribution is -2.24. The van der Waals surface area contributed by atoms with E-state index in [-0.39, 0.29) is 6.03 Å². The fourth-order valence-corrected chi connectivity index (χ4v) is 1.46. The van der Waals surface area contributed by atoms with Crippen molar-refractivity contribution in [2.75, 3.05) is 17.7 Å². The van der Waals surface area contributed by atoms with Gasteiger partial charge in [-0.2, -0.15) is 0 Å². The van der Waals surface area contributed by atoms with Crippen molar-refractivity contribution < 1.29 is 9.21 Å². The standard InChI is InChI=1S/C13H15N3O2/c1-14-13(17)16-12-4-2-11(3-5-12)15-8-10-6-7-18-9-10/h2-7,9,15H,8H2,1H3,(H2,14,16,17). The molecule has 1 heterocycles. The van der Waals surface area contributed by atoms with Crippen LogP contribution in [-0.4, -0.2) is 13.1 Å². The molecule has 18 heavy (non-hydrogen) atoms. The molecule has 0 aliphatic heterocycles. The Morgan fingerprint density at radius 1 is 1.17 bits per heavy atom. The molecular formula is C13H15N3O2. The summed E-state index contributed by atoms with van der Waals surface area (Å²) in [5.74, 6) is 0. The second kappa shape index (κ2) is 5.77. The number of rotatable bonds is 4. The minimum Gasteiger partial charge on any atom is -0.472 e. The van der Waals surface area contributed by atoms with Gasteiger partial charge in [-0.25, -0.2) is 4.79 Å². The molecule has 0 fully saturated rings. The summed E-state index contributed by atoms with van der Waals surface area (Å²) in [4.78, 5) is 11.1. The molecule has 0 radical (unpaired) electrons. The fourth-order valence-electron chi connectivity index (χ4n) is 1.46. The van der Waals surface area contributed by atoms with Gasteiger partial charge in [0.1, 0.15) is 0 Å². The molecule has 0 saturated carbocycles. The summed E-state index contributed by atoms with van der Waals surface area (Å²) in [6.07, 6.45) is 3.35. The highest BCUT2D eigenvalue weighted by atomic mass is 16.3. The number of anilines is 2. The lowest BCUT2D eigenvalue weighted by atomic mass is 10.2. The van der Waals surface area contributed by atoms with E-state index in [0.29, 0.717) is 6.54 Å². The predicted molar refractivity (Wildman–Crippen MR) is 70.6 cm³/mol. The number of carbonyl (C=O) groups excluding carboxylic acids is 1. The quantitative estimate of drug-likeness (QED) is 0.775. The summed E-state index contributed by atoms with van der Waals surface area (Å²) >= 11 is 0. The van der Waals surface area contributed by atoms with Crippen LogP contribution < -0.4 is 16.0 Å². The van der Waals surface area contributed by atoms with E-state index in [1.165, 1.54) is 0 Å². The van der Waals surface area contributed by atoms with Gasteiger partial charge in [0.15, 0.2) is 0 Å². The van der Waals surface area contributed by atoms with Crippen LogP contribution in [0, 0.1) is 0 Å². The minimum absolute atomic E-state index is 0.228. The van der Waals surface area contributed by atoms with Crippen molar-refractivity contribution in [3.8, 4) is 0 Å². The number of amides is 2. The Bertz CT molecular complexity index is 491. The van der Waals surface area contributed by atoms with E-state index < -0.39 is 0 Å². The second-order valence-corrected chi connectivity index (χ2v) is 3.77. The SMILES string of the molecule is CNC(=O)Nc1ccc(NCc2ccoc2)cc1. The Kier molecular flexibility index (Phi) is 3.86. The number of benzene rings is 1. The first-order valence-electron chi connectivity index (χ1n) is 5.61. The first kappa shape index (κ1) is 12.0. The van der Waals surface area contributed by atoms with Gasteiger partial charge in [0.05, 0.1) is 12.5 Å². The molecule has 0 saturated heterocycles. The van der Waals surface area contributed by atoms with Crippen LogP contribution in [0.2, 0.25) is 0 Å². The first-order chi connectivity index (χ1) is 8.78. The van der Waals surface area contributed by atoms with E-state index in [0.717, 1.165) is 16.9 Å². The summed E-state index contributed by atoms with van der Waals surface area (Å²) in [6, 6.07) is 9.18. The number of hydrogen-bond acceptors (Lipinski definition) is 3. The zero-order valence-corrected chi connectivity index (χ0v) is 10.1. The third kappa shape index (κ3) is 3.28. The molecule has 3 N–H and O–H groups in total. The van der Waals surface area contributed by atoms with Gasteiger partial charge in [0.2, 0.25) is 0 Å². The van der Waals surface area contributed by atoms with Gasteiger partial charge in [-0.3, -0.25) is 0 Å². The van der Waals surface area contributed by atoms with Gasteiger partial charge < -0.3 is 20.4 Å². The highest BCUT2D eigenvalue weighted by Crippen LogP contribution is 2.14. The van der Waals surface area contributed by atoms with Crippen molar-refractivity contribution in [1.82, 2.24) is 5.32 Å². The molecule has 0 atom stereocenters. The second-order valence-electron chi connectivity index (χ2n) is 3.77. The predicted octanol–water partition coefficient (Wildman–Crippen LogP) is 2.64. The normalized spacial score (nSPS) is 9.83. The Hall–Kier alpha value is -2.43. The summed E-state index contributed by atoms with van der Waals surface area (Å²) in [7, 11) is 1.58. The number of carbonyl (C=O) groups is 1. The van der Waals surface area contributed by atoms with E-state index in [2.05, 4.69) is 16.0 Å². The average Bonchev–Trinajstić information content (AvgIpc) is 2.91. The Morgan fingerprint density at radius 3 is 2.50 bits per heavy atom. The molecule has 94 valence electrons. The molecule has 1 aromatic carbocycles. The number of nitrogens with one attached hydrogen (secondary N) is 3. The van der Waals surface area contributed by atoms with Gasteiger partial charge >= 0.3 is 6.03 Å². The van der Waals surface area contributed by atoms with Crippen molar-refractivity contribution in [1.29, 1.82) is 0 Å². The molecule has 5 nitrogen and oxygen atoms in total. The maximum absolute atomic E-state index is 11.1. The van der Waals surface area contributed by atoms with E-state index in [1.807, 2.05) is 30.3 Å². The van der Waals surface area contributed by atoms with Crippen LogP contribution in [0.4, 0.5) is 16.2 Å². The zero-order chi connectivity index (χ0) is 12.8. The third-order valence-electron chi connectivity index (χ3n) is 2.45. The lowest BCUT2D eigenvalue weighted by Gasteiger charge is -2.07. The average molecular weight is 245 g/mol. The summed E-state index contributed by atoms with van der Waals surface area (Å²) in [5, 5.41) is 8.44. The van der Waals surface area contributed by atoms with Crippen LogP contribution in [0.1, 0.15) is 5.56 Å². The van der Waals surface area contributed by atoms with Crippen LogP contribution in [-0.2, 0) is 6.54 Å². The van der Waals surface area contributed by atoms with Gasteiger partial charge in [-0.05, 0) is 30.3 Å². The van der Waals surface area contributed by atoms with E-state index in [4.69, 9.17) is 4.42 Å². The summed E-state index contributed by atoms with van der Waals surface area (Å²) in [5.41, 5.74) is 2.82. The number of urea groups is 1. The maximum Gasteiger partial charge on any atom is 0.318 e. The molecule has 0 aliphatic rings. The van der Waals surface area contributed by atoms with Gasteiger partial charge in [-0.1, -0.05) is 0 Å². The van der Waals surface area contributed by atoms with Gasteiger partial charge in [0, 0.05) is 30.5 Å². The Labute approximate surface area is 105 Å². The molecule has 0 aliphatic carbocycles. The van der Waals surface area contributed by atoms with Crippen molar-refractivity contribution in [3.05, 3.63) is 48.4 Å². The summed E-state index contributed by atoms with van der Waals surface area (Å²) < 4.78 is 4.98. The molecule has 1 aromatic heterocycles. The molecule has 0 bridgehead atoms. The third-order valence-corrected chi connectivity index (χ3v) is 2.45. The minimum atomic E-state index is -0.228. The maximum atomic E-state index is 11.1. The lowest BCUT2D eigenvalue weighted by molar-refractivity contribution is 0.254. The van der Waals surface area contributed by atoms with Crippen LogP contribution in [0.5, 0.6) is 0 Å². The number of furan rings is 1. The van der Waals surface area contributed by atoms with Crippen LogP contribution >= 0.6 is 0 Å². The number of hydrogen-bond donors (Lipinski definition) is 3. The van der Waals surface area contributed by atoms with Crippen molar-refractivity contribution in [2.45, 2.75) is 6.54 Å². The molecule has 2 aromatic rings. The monoisotopic (exact) mass is 245 g/mol. The van der Waals surface area contributed by atoms with E-state index in [1.54, 1.807) is 19.6 Å². The highest BCUT2D eigenvalue weighted by Gasteiger charge is 1.99. The molecule has 5 heteroatoms.